The van der Waals surface area contributed by atoms with Crippen LogP contribution in [0.5, 0.6) is 0 Å². The van der Waals surface area contributed by atoms with Gasteiger partial charge in [-0.05, 0) is 23.1 Å². The van der Waals surface area contributed by atoms with Crippen LogP contribution in [-0.4, -0.2) is 37.1 Å². The van der Waals surface area contributed by atoms with Crippen molar-refractivity contribution in [3.63, 3.8) is 0 Å². The van der Waals surface area contributed by atoms with Crippen molar-refractivity contribution in [2.24, 2.45) is 11.1 Å². The number of nitrogens with zero attached hydrogens (tertiary/aromatic N) is 1. The van der Waals surface area contributed by atoms with Crippen molar-refractivity contribution in [3.8, 4) is 0 Å². The van der Waals surface area contributed by atoms with E-state index in [9.17, 15) is 9.59 Å². The van der Waals surface area contributed by atoms with Gasteiger partial charge < -0.3 is 19.9 Å². The van der Waals surface area contributed by atoms with Crippen LogP contribution >= 0.6 is 0 Å². The van der Waals surface area contributed by atoms with Crippen LogP contribution in [0.1, 0.15) is 38.2 Å². The summed E-state index contributed by atoms with van der Waals surface area (Å²) in [6.07, 6.45) is 4.18. The molecule has 1 aromatic heterocycles. The molecule has 144 valence electrons. The van der Waals surface area contributed by atoms with Gasteiger partial charge in [0.25, 0.3) is 0 Å². The molecule has 0 aromatic carbocycles. The molecular formula is C20H24N2O5. The van der Waals surface area contributed by atoms with Crippen LogP contribution in [0.15, 0.2) is 47.3 Å². The fourth-order valence-corrected chi connectivity index (χ4v) is 3.57. The third kappa shape index (κ3) is 3.88. The van der Waals surface area contributed by atoms with Crippen LogP contribution in [0.3, 0.4) is 0 Å². The summed E-state index contributed by atoms with van der Waals surface area (Å²) in [6.45, 7) is 4.37. The minimum atomic E-state index is -0.629. The molecule has 0 saturated heterocycles. The number of aromatic nitrogens is 1. The zero-order valence-corrected chi connectivity index (χ0v) is 15.8. The Balaban J connectivity index is 2.06. The molecule has 27 heavy (non-hydrogen) atoms. The van der Waals surface area contributed by atoms with Gasteiger partial charge in [0.05, 0.1) is 12.5 Å². The van der Waals surface area contributed by atoms with Crippen molar-refractivity contribution in [1.29, 1.82) is 0 Å². The van der Waals surface area contributed by atoms with Crippen LogP contribution in [0.4, 0.5) is 0 Å². The summed E-state index contributed by atoms with van der Waals surface area (Å²) < 4.78 is 15.9. The highest BCUT2D eigenvalue weighted by atomic mass is 16.6. The van der Waals surface area contributed by atoms with E-state index in [1.807, 2.05) is 13.8 Å². The lowest BCUT2D eigenvalue weighted by Crippen LogP contribution is -2.35. The van der Waals surface area contributed by atoms with Gasteiger partial charge in [0, 0.05) is 37.9 Å². The van der Waals surface area contributed by atoms with Gasteiger partial charge in [0.2, 0.25) is 5.88 Å². The molecular weight excluding hydrogens is 348 g/mol. The van der Waals surface area contributed by atoms with Gasteiger partial charge in [-0.15, -0.1) is 0 Å². The number of esters is 1. The average molecular weight is 372 g/mol. The molecule has 1 aliphatic carbocycles. The summed E-state index contributed by atoms with van der Waals surface area (Å²) in [6, 6.07) is 3.53. The molecule has 0 saturated carbocycles. The van der Waals surface area contributed by atoms with E-state index < -0.39 is 11.9 Å². The fraction of sp³-hybridized carbons (Fsp3) is 0.450. The monoisotopic (exact) mass is 372 g/mol. The third-order valence-corrected chi connectivity index (χ3v) is 4.73. The minimum Gasteiger partial charge on any atom is -0.460 e. The molecule has 0 bridgehead atoms. The van der Waals surface area contributed by atoms with E-state index in [-0.39, 0.29) is 35.9 Å². The van der Waals surface area contributed by atoms with Crippen LogP contribution in [0.25, 0.3) is 0 Å². The SMILES string of the molecule is COCCOC(=O)C1=C(N)OC2=C(C(=O)CC(C)(C)C2)C1c1ccncc1. The highest BCUT2D eigenvalue weighted by molar-refractivity contribution is 6.03. The van der Waals surface area contributed by atoms with Crippen LogP contribution in [0, 0.1) is 5.41 Å². The molecule has 7 heteroatoms. The van der Waals surface area contributed by atoms with Gasteiger partial charge in [0.1, 0.15) is 17.9 Å². The molecule has 1 aromatic rings. The molecule has 1 unspecified atom stereocenters. The van der Waals surface area contributed by atoms with E-state index in [0.717, 1.165) is 5.56 Å². The quantitative estimate of drug-likeness (QED) is 0.624. The van der Waals surface area contributed by atoms with E-state index in [1.165, 1.54) is 7.11 Å². The zero-order valence-electron chi connectivity index (χ0n) is 15.8. The minimum absolute atomic E-state index is 0.0246. The number of methoxy groups -OCH3 is 1. The Labute approximate surface area is 158 Å². The topological polar surface area (TPSA) is 101 Å². The smallest absolute Gasteiger partial charge is 0.340 e. The summed E-state index contributed by atoms with van der Waals surface area (Å²) in [4.78, 5) is 29.7. The molecule has 0 spiro atoms. The number of allylic oxidation sites excluding steroid dienone is 2. The lowest BCUT2D eigenvalue weighted by molar-refractivity contribution is -0.140. The van der Waals surface area contributed by atoms with Gasteiger partial charge in [-0.3, -0.25) is 9.78 Å². The van der Waals surface area contributed by atoms with Crippen molar-refractivity contribution in [1.82, 2.24) is 4.98 Å². The molecule has 1 atom stereocenters. The van der Waals surface area contributed by atoms with Crippen LogP contribution in [0.2, 0.25) is 0 Å². The third-order valence-electron chi connectivity index (χ3n) is 4.73. The summed E-state index contributed by atoms with van der Waals surface area (Å²) in [5, 5.41) is 0. The molecule has 0 fully saturated rings. The maximum atomic E-state index is 13.0. The first-order valence-corrected chi connectivity index (χ1v) is 8.84. The van der Waals surface area contributed by atoms with Gasteiger partial charge in [0.15, 0.2) is 5.78 Å². The number of ketones is 1. The van der Waals surface area contributed by atoms with Gasteiger partial charge >= 0.3 is 5.97 Å². The van der Waals surface area contributed by atoms with Crippen LogP contribution in [-0.2, 0) is 23.8 Å². The van der Waals surface area contributed by atoms with E-state index in [2.05, 4.69) is 4.98 Å². The number of nitrogens with two attached hydrogens (primary N) is 1. The summed E-state index contributed by atoms with van der Waals surface area (Å²) in [5.74, 6) is -0.781. The zero-order chi connectivity index (χ0) is 19.6. The Bertz CT molecular complexity index is 811. The fourth-order valence-electron chi connectivity index (χ4n) is 3.57. The Morgan fingerprint density at radius 2 is 2.00 bits per heavy atom. The van der Waals surface area contributed by atoms with Crippen molar-refractivity contribution in [3.05, 3.63) is 52.9 Å². The molecule has 2 heterocycles. The Morgan fingerprint density at radius 3 is 2.67 bits per heavy atom. The Hall–Kier alpha value is -2.67. The molecule has 1 aliphatic heterocycles. The predicted molar refractivity (Wildman–Crippen MR) is 97.2 cm³/mol. The molecule has 3 rings (SSSR count). The summed E-state index contributed by atoms with van der Waals surface area (Å²) in [7, 11) is 1.52. The number of rotatable bonds is 5. The second-order valence-electron chi connectivity index (χ2n) is 7.50. The lowest BCUT2D eigenvalue weighted by atomic mass is 9.70. The van der Waals surface area contributed by atoms with Gasteiger partial charge in [-0.25, -0.2) is 4.79 Å². The first-order chi connectivity index (χ1) is 12.8. The first-order valence-electron chi connectivity index (χ1n) is 8.84. The van der Waals surface area contributed by atoms with Crippen LogP contribution < -0.4 is 5.73 Å². The standard InChI is InChI=1S/C20H24N2O5/c1-20(2)10-13(23)16-14(11-20)27-18(21)17(19(24)26-9-8-25-3)15(16)12-4-6-22-7-5-12/h4-7,15H,8-11,21H2,1-3H3. The van der Waals surface area contributed by atoms with Crippen molar-refractivity contribution in [2.75, 3.05) is 20.3 Å². The summed E-state index contributed by atoms with van der Waals surface area (Å²) in [5.41, 5.74) is 7.26. The van der Waals surface area contributed by atoms with Crippen molar-refractivity contribution >= 4 is 11.8 Å². The number of pyridine rings is 1. The lowest BCUT2D eigenvalue weighted by Gasteiger charge is -2.37. The maximum absolute atomic E-state index is 13.0. The number of hydrogen-bond donors (Lipinski definition) is 1. The van der Waals surface area contributed by atoms with E-state index in [1.54, 1.807) is 24.5 Å². The first kappa shape index (κ1) is 19.1. The highest BCUT2D eigenvalue weighted by Crippen LogP contribution is 2.48. The Morgan fingerprint density at radius 1 is 1.30 bits per heavy atom. The number of hydrogen-bond acceptors (Lipinski definition) is 7. The normalized spacial score (nSPS) is 21.6. The number of carbonyl (C=O) groups excluding carboxylic acids is 2. The van der Waals surface area contributed by atoms with E-state index in [0.29, 0.717) is 24.2 Å². The van der Waals surface area contributed by atoms with E-state index >= 15 is 0 Å². The molecule has 0 radical (unpaired) electrons. The second kappa shape index (κ2) is 7.52. The number of Topliss-reactive ketones (excluding diaryl/α,β-unsaturated/α-hetero) is 1. The molecule has 2 N–H and O–H groups in total. The molecule has 7 nitrogen and oxygen atoms in total. The maximum Gasteiger partial charge on any atom is 0.340 e. The van der Waals surface area contributed by atoms with E-state index in [4.69, 9.17) is 19.9 Å². The number of carbonyl (C=O) groups is 2. The average Bonchev–Trinajstić information content (AvgIpc) is 2.60. The second-order valence-corrected chi connectivity index (χ2v) is 7.50. The van der Waals surface area contributed by atoms with Gasteiger partial charge in [-0.1, -0.05) is 13.8 Å². The number of ether oxygens (including phenoxy) is 3. The van der Waals surface area contributed by atoms with Crippen molar-refractivity contribution < 1.29 is 23.8 Å². The molecule has 0 amide bonds. The van der Waals surface area contributed by atoms with Gasteiger partial charge in [-0.2, -0.15) is 0 Å². The Kier molecular flexibility index (Phi) is 5.32. The largest absolute Gasteiger partial charge is 0.460 e. The van der Waals surface area contributed by atoms with Crippen molar-refractivity contribution in [2.45, 2.75) is 32.6 Å². The predicted octanol–water partition coefficient (Wildman–Crippen LogP) is 2.20. The summed E-state index contributed by atoms with van der Waals surface area (Å²) >= 11 is 0. The molecule has 2 aliphatic rings. The highest BCUT2D eigenvalue weighted by Gasteiger charge is 2.45.